The van der Waals surface area contributed by atoms with Crippen molar-refractivity contribution in [2.75, 3.05) is 19.6 Å². The Morgan fingerprint density at radius 2 is 1.97 bits per heavy atom. The lowest BCUT2D eigenvalue weighted by molar-refractivity contribution is -0.137. The lowest BCUT2D eigenvalue weighted by Crippen LogP contribution is -2.49. The zero-order valence-electron chi connectivity index (χ0n) is 18.3. The summed E-state index contributed by atoms with van der Waals surface area (Å²) < 4.78 is 14.2. The molecule has 9 nitrogen and oxygen atoms in total. The van der Waals surface area contributed by atoms with E-state index in [0.717, 1.165) is 12.0 Å². The molecule has 1 aliphatic carbocycles. The Bertz CT molecular complexity index is 1070. The Morgan fingerprint density at radius 1 is 1.24 bits per heavy atom. The van der Waals surface area contributed by atoms with E-state index in [2.05, 4.69) is 16.0 Å². The van der Waals surface area contributed by atoms with Crippen molar-refractivity contribution < 1.29 is 18.8 Å². The van der Waals surface area contributed by atoms with Gasteiger partial charge in [-0.3, -0.25) is 19.8 Å². The second kappa shape index (κ2) is 9.84. The SMILES string of the molecule is N=C(C(N)=O)C1=C(NCC(=O)N2C[C@H](F)C[C@H]2C(=O)N[C@@H]2C[C@H]2c2ccc(Cl)cc2)CNC=C1. The molecule has 4 atom stereocenters. The van der Waals surface area contributed by atoms with Crippen LogP contribution in [0.5, 0.6) is 0 Å². The minimum absolute atomic E-state index is 0.0551. The van der Waals surface area contributed by atoms with Gasteiger partial charge in [0.2, 0.25) is 11.8 Å². The Labute approximate surface area is 201 Å². The Morgan fingerprint density at radius 3 is 2.68 bits per heavy atom. The van der Waals surface area contributed by atoms with E-state index in [-0.39, 0.29) is 55.2 Å². The molecule has 0 spiro atoms. The third-order valence-electron chi connectivity index (χ3n) is 6.23. The predicted octanol–water partition coefficient (Wildman–Crippen LogP) is 0.717. The number of allylic oxidation sites excluding steroid dienone is 1. The molecule has 34 heavy (non-hydrogen) atoms. The van der Waals surface area contributed by atoms with E-state index in [1.807, 2.05) is 12.1 Å². The number of hydrogen-bond acceptors (Lipinski definition) is 6. The van der Waals surface area contributed by atoms with E-state index < -0.39 is 24.0 Å². The number of alkyl halides is 1. The van der Waals surface area contributed by atoms with Crippen molar-refractivity contribution in [1.29, 1.82) is 5.41 Å². The molecule has 1 aromatic carbocycles. The van der Waals surface area contributed by atoms with Gasteiger partial charge in [-0.15, -0.1) is 0 Å². The molecule has 3 amide bonds. The number of primary amides is 1. The lowest BCUT2D eigenvalue weighted by atomic mass is 10.1. The first-order valence-electron chi connectivity index (χ1n) is 11.0. The molecule has 2 heterocycles. The minimum Gasteiger partial charge on any atom is -0.385 e. The topological polar surface area (TPSA) is 140 Å². The molecule has 0 unspecified atom stereocenters. The van der Waals surface area contributed by atoms with E-state index in [1.165, 1.54) is 11.0 Å². The van der Waals surface area contributed by atoms with Crippen LogP contribution in [0.1, 0.15) is 24.3 Å². The number of nitrogens with one attached hydrogen (secondary N) is 4. The summed E-state index contributed by atoms with van der Waals surface area (Å²) in [7, 11) is 0. The zero-order chi connectivity index (χ0) is 24.4. The number of halogens is 2. The van der Waals surface area contributed by atoms with Crippen LogP contribution >= 0.6 is 11.6 Å². The van der Waals surface area contributed by atoms with Crippen molar-refractivity contribution in [3.8, 4) is 0 Å². The van der Waals surface area contributed by atoms with Crippen LogP contribution in [0.15, 0.2) is 47.8 Å². The molecule has 4 rings (SSSR count). The van der Waals surface area contributed by atoms with Gasteiger partial charge in [0, 0.05) is 34.7 Å². The van der Waals surface area contributed by atoms with Crippen LogP contribution < -0.4 is 21.7 Å². The zero-order valence-corrected chi connectivity index (χ0v) is 19.1. The smallest absolute Gasteiger partial charge is 0.267 e. The van der Waals surface area contributed by atoms with Crippen LogP contribution in [0.4, 0.5) is 4.39 Å². The molecule has 0 bridgehead atoms. The number of benzene rings is 1. The van der Waals surface area contributed by atoms with Crippen LogP contribution in [0.2, 0.25) is 5.02 Å². The van der Waals surface area contributed by atoms with Crippen LogP contribution in [-0.2, 0) is 14.4 Å². The van der Waals surface area contributed by atoms with Crippen molar-refractivity contribution in [2.45, 2.75) is 37.0 Å². The lowest BCUT2D eigenvalue weighted by Gasteiger charge is -2.25. The van der Waals surface area contributed by atoms with Crippen LogP contribution in [0.25, 0.3) is 0 Å². The Hall–Kier alpha value is -3.40. The predicted molar refractivity (Wildman–Crippen MR) is 125 cm³/mol. The maximum atomic E-state index is 14.2. The molecular weight excluding hydrogens is 463 g/mol. The van der Waals surface area contributed by atoms with Crippen molar-refractivity contribution in [3.05, 3.63) is 58.4 Å². The maximum absolute atomic E-state index is 14.2. The van der Waals surface area contributed by atoms with E-state index in [0.29, 0.717) is 10.7 Å². The largest absolute Gasteiger partial charge is 0.385 e. The number of carbonyl (C=O) groups is 3. The van der Waals surface area contributed by atoms with Crippen LogP contribution in [0.3, 0.4) is 0 Å². The molecule has 1 saturated heterocycles. The van der Waals surface area contributed by atoms with E-state index in [9.17, 15) is 18.8 Å². The number of nitrogens with zero attached hydrogens (tertiary/aromatic N) is 1. The van der Waals surface area contributed by atoms with Gasteiger partial charge in [-0.05, 0) is 36.4 Å². The second-order valence-electron chi connectivity index (χ2n) is 8.60. The highest BCUT2D eigenvalue weighted by Crippen LogP contribution is 2.41. The van der Waals surface area contributed by atoms with Crippen molar-refractivity contribution >= 4 is 35.0 Å². The molecule has 1 aromatic rings. The van der Waals surface area contributed by atoms with Gasteiger partial charge in [-0.2, -0.15) is 0 Å². The number of hydrogen-bond donors (Lipinski definition) is 5. The van der Waals surface area contributed by atoms with Gasteiger partial charge < -0.3 is 26.6 Å². The number of rotatable bonds is 8. The molecule has 180 valence electrons. The quantitative estimate of drug-likeness (QED) is 0.343. The fraction of sp³-hybridized carbons (Fsp3) is 0.391. The average molecular weight is 489 g/mol. The summed E-state index contributed by atoms with van der Waals surface area (Å²) in [5.41, 5.74) is 6.62. The number of amides is 3. The first kappa shape index (κ1) is 23.7. The summed E-state index contributed by atoms with van der Waals surface area (Å²) in [6.45, 7) is -0.114. The summed E-state index contributed by atoms with van der Waals surface area (Å²) >= 11 is 5.93. The fourth-order valence-corrected chi connectivity index (χ4v) is 4.45. The summed E-state index contributed by atoms with van der Waals surface area (Å²) in [5.74, 6) is -1.53. The Kier molecular flexibility index (Phi) is 6.87. The first-order valence-corrected chi connectivity index (χ1v) is 11.4. The summed E-state index contributed by atoms with van der Waals surface area (Å²) in [4.78, 5) is 38.4. The second-order valence-corrected chi connectivity index (χ2v) is 9.04. The standard InChI is InChI=1S/C23H26ClFN6O3/c24-13-3-1-12(2-4-13)16-8-17(16)30-23(34)19-7-14(25)11-31(19)20(32)10-29-18-9-28-6-5-15(18)21(26)22(27)33/h1-6,14,16-17,19,26,28-29H,7-11H2,(H2,27,33)(H,30,34)/t14-,16+,17-,19+/m1/s1. The molecule has 3 aliphatic rings. The van der Waals surface area contributed by atoms with E-state index in [1.54, 1.807) is 18.3 Å². The molecule has 2 fully saturated rings. The van der Waals surface area contributed by atoms with Crippen molar-refractivity contribution in [2.24, 2.45) is 5.73 Å². The molecule has 1 saturated carbocycles. The maximum Gasteiger partial charge on any atom is 0.267 e. The van der Waals surface area contributed by atoms with Gasteiger partial charge in [0.25, 0.3) is 5.91 Å². The van der Waals surface area contributed by atoms with Crippen LogP contribution in [0, 0.1) is 5.41 Å². The third kappa shape index (κ3) is 5.22. The van der Waals surface area contributed by atoms with Gasteiger partial charge in [0.15, 0.2) is 0 Å². The van der Waals surface area contributed by atoms with E-state index in [4.69, 9.17) is 22.7 Å². The summed E-state index contributed by atoms with van der Waals surface area (Å²) in [6.07, 6.45) is 2.52. The first-order chi connectivity index (χ1) is 16.2. The van der Waals surface area contributed by atoms with Crippen molar-refractivity contribution in [3.63, 3.8) is 0 Å². The fourth-order valence-electron chi connectivity index (χ4n) is 4.33. The average Bonchev–Trinajstić information content (AvgIpc) is 3.46. The molecule has 6 N–H and O–H groups in total. The third-order valence-corrected chi connectivity index (χ3v) is 6.48. The molecular formula is C23H26ClFN6O3. The molecule has 2 aliphatic heterocycles. The summed E-state index contributed by atoms with van der Waals surface area (Å²) in [6, 6.07) is 6.49. The molecule has 0 aromatic heterocycles. The van der Waals surface area contributed by atoms with Gasteiger partial charge in [0.1, 0.15) is 17.9 Å². The molecule has 11 heteroatoms. The number of carbonyl (C=O) groups excluding carboxylic acids is 3. The highest BCUT2D eigenvalue weighted by Gasteiger charge is 2.44. The highest BCUT2D eigenvalue weighted by molar-refractivity contribution is 6.44. The van der Waals surface area contributed by atoms with Gasteiger partial charge in [-0.1, -0.05) is 23.7 Å². The number of likely N-dealkylation sites (tertiary alicyclic amines) is 1. The Balaban J connectivity index is 1.36. The van der Waals surface area contributed by atoms with Crippen molar-refractivity contribution in [1.82, 2.24) is 20.9 Å². The normalized spacial score (nSPS) is 25.5. The van der Waals surface area contributed by atoms with Gasteiger partial charge in [-0.25, -0.2) is 4.39 Å². The number of nitrogens with two attached hydrogens (primary N) is 1. The van der Waals surface area contributed by atoms with E-state index >= 15 is 0 Å². The summed E-state index contributed by atoms with van der Waals surface area (Å²) in [5, 5.41) is 17.3. The number of dihydropyridines is 1. The monoisotopic (exact) mass is 488 g/mol. The molecule has 0 radical (unpaired) electrons. The van der Waals surface area contributed by atoms with Gasteiger partial charge in [0.05, 0.1) is 19.6 Å². The highest BCUT2D eigenvalue weighted by atomic mass is 35.5. The van der Waals surface area contributed by atoms with Gasteiger partial charge >= 0.3 is 0 Å². The van der Waals surface area contributed by atoms with Crippen LogP contribution in [-0.4, -0.2) is 66.2 Å². The minimum atomic E-state index is -1.29.